The molecule has 1 N–H and O–H groups in total. The first kappa shape index (κ1) is 16.2. The van der Waals surface area contributed by atoms with Crippen LogP contribution in [0, 0.1) is 0 Å². The van der Waals surface area contributed by atoms with Crippen LogP contribution in [-0.2, 0) is 11.3 Å². The van der Waals surface area contributed by atoms with Crippen LogP contribution in [0.2, 0.25) is 0 Å². The molecule has 1 aliphatic rings. The molecule has 1 saturated carbocycles. The second kappa shape index (κ2) is 7.75. The summed E-state index contributed by atoms with van der Waals surface area (Å²) in [5.41, 5.74) is 0. The molecule has 1 aliphatic carbocycles. The fourth-order valence-corrected chi connectivity index (χ4v) is 3.89. The summed E-state index contributed by atoms with van der Waals surface area (Å²) in [6.45, 7) is 4.17. The van der Waals surface area contributed by atoms with Crippen molar-refractivity contribution < 1.29 is 4.79 Å². The van der Waals surface area contributed by atoms with Gasteiger partial charge in [0.15, 0.2) is 0 Å². The van der Waals surface area contributed by atoms with Gasteiger partial charge in [0.2, 0.25) is 5.91 Å². The SMILES string of the molecule is CCN(CC(=O)Nc1ccnn1C1CCCC1)Cc1cccs1. The summed E-state index contributed by atoms with van der Waals surface area (Å²) < 4.78 is 1.99. The van der Waals surface area contributed by atoms with E-state index < -0.39 is 0 Å². The Morgan fingerprint density at radius 2 is 2.26 bits per heavy atom. The Morgan fingerprint density at radius 1 is 1.43 bits per heavy atom. The second-order valence-corrected chi connectivity index (χ2v) is 7.06. The third-order valence-electron chi connectivity index (χ3n) is 4.38. The third-order valence-corrected chi connectivity index (χ3v) is 5.24. The highest BCUT2D eigenvalue weighted by molar-refractivity contribution is 7.09. The number of aromatic nitrogens is 2. The monoisotopic (exact) mass is 332 g/mol. The predicted molar refractivity (Wildman–Crippen MR) is 93.6 cm³/mol. The molecule has 124 valence electrons. The zero-order chi connectivity index (χ0) is 16.1. The Hall–Kier alpha value is -1.66. The Balaban J connectivity index is 1.57. The number of likely N-dealkylation sites (N-methyl/N-ethyl adjacent to an activating group) is 1. The molecule has 5 nitrogen and oxygen atoms in total. The maximum absolute atomic E-state index is 12.4. The van der Waals surface area contributed by atoms with E-state index in [0.29, 0.717) is 12.6 Å². The molecule has 6 heteroatoms. The standard InChI is InChI=1S/C17H24N4OS/c1-2-20(12-15-8-5-11-23-15)13-17(22)19-16-9-10-18-21(16)14-6-3-4-7-14/h5,8-11,14H,2-4,6-7,12-13H2,1H3,(H,19,22). The summed E-state index contributed by atoms with van der Waals surface area (Å²) in [6, 6.07) is 6.49. The van der Waals surface area contributed by atoms with E-state index in [9.17, 15) is 4.79 Å². The van der Waals surface area contributed by atoms with E-state index in [1.54, 1.807) is 17.5 Å². The molecule has 0 aromatic carbocycles. The first-order valence-corrected chi connectivity index (χ1v) is 9.22. The molecule has 1 amide bonds. The molecule has 23 heavy (non-hydrogen) atoms. The minimum atomic E-state index is 0.0307. The molecule has 2 aromatic heterocycles. The molecule has 2 heterocycles. The maximum Gasteiger partial charge on any atom is 0.239 e. The van der Waals surface area contributed by atoms with Gasteiger partial charge in [-0.05, 0) is 30.8 Å². The molecule has 0 unspecified atom stereocenters. The summed E-state index contributed by atoms with van der Waals surface area (Å²) in [7, 11) is 0. The molecule has 0 aliphatic heterocycles. The number of carbonyl (C=O) groups is 1. The molecule has 0 spiro atoms. The summed E-state index contributed by atoms with van der Waals surface area (Å²) in [5, 5.41) is 9.51. The van der Waals surface area contributed by atoms with Crippen LogP contribution in [-0.4, -0.2) is 33.7 Å². The predicted octanol–water partition coefficient (Wildman–Crippen LogP) is 3.52. The largest absolute Gasteiger partial charge is 0.310 e. The van der Waals surface area contributed by atoms with Crippen LogP contribution in [0.4, 0.5) is 5.82 Å². The number of nitrogens with zero attached hydrogens (tertiary/aromatic N) is 3. The highest BCUT2D eigenvalue weighted by atomic mass is 32.1. The second-order valence-electron chi connectivity index (χ2n) is 6.03. The summed E-state index contributed by atoms with van der Waals surface area (Å²) in [4.78, 5) is 15.8. The lowest BCUT2D eigenvalue weighted by molar-refractivity contribution is -0.117. The number of thiophene rings is 1. The lowest BCUT2D eigenvalue weighted by atomic mass is 10.2. The van der Waals surface area contributed by atoms with E-state index in [-0.39, 0.29) is 5.91 Å². The van der Waals surface area contributed by atoms with Crippen LogP contribution in [0.15, 0.2) is 29.8 Å². The fraction of sp³-hybridized carbons (Fsp3) is 0.529. The minimum absolute atomic E-state index is 0.0307. The molecular formula is C17H24N4OS. The van der Waals surface area contributed by atoms with Gasteiger partial charge in [0.05, 0.1) is 18.8 Å². The van der Waals surface area contributed by atoms with Gasteiger partial charge in [-0.3, -0.25) is 9.69 Å². The fourth-order valence-electron chi connectivity index (χ4n) is 3.14. The van der Waals surface area contributed by atoms with Crippen LogP contribution in [0.25, 0.3) is 0 Å². The molecule has 0 bridgehead atoms. The summed E-state index contributed by atoms with van der Waals surface area (Å²) >= 11 is 1.73. The number of nitrogens with one attached hydrogen (secondary N) is 1. The zero-order valence-corrected chi connectivity index (χ0v) is 14.4. The normalized spacial score (nSPS) is 15.4. The van der Waals surface area contributed by atoms with Crippen molar-refractivity contribution in [2.45, 2.75) is 45.2 Å². The average molecular weight is 332 g/mol. The van der Waals surface area contributed by atoms with Crippen molar-refractivity contribution in [3.63, 3.8) is 0 Å². The van der Waals surface area contributed by atoms with Gasteiger partial charge < -0.3 is 5.32 Å². The van der Waals surface area contributed by atoms with Gasteiger partial charge in [-0.25, -0.2) is 4.68 Å². The number of hydrogen-bond acceptors (Lipinski definition) is 4. The molecule has 0 radical (unpaired) electrons. The number of amides is 1. The maximum atomic E-state index is 12.4. The number of anilines is 1. The van der Waals surface area contributed by atoms with E-state index in [0.717, 1.165) is 31.7 Å². The molecule has 2 aromatic rings. The quantitative estimate of drug-likeness (QED) is 0.844. The van der Waals surface area contributed by atoms with Gasteiger partial charge in [0.1, 0.15) is 5.82 Å². The van der Waals surface area contributed by atoms with Crippen molar-refractivity contribution in [3.05, 3.63) is 34.7 Å². The Bertz CT molecular complexity index is 616. The molecule has 0 atom stereocenters. The molecule has 0 saturated heterocycles. The van der Waals surface area contributed by atoms with Gasteiger partial charge in [0, 0.05) is 17.5 Å². The summed E-state index contributed by atoms with van der Waals surface area (Å²) in [5.74, 6) is 0.859. The topological polar surface area (TPSA) is 50.2 Å². The van der Waals surface area contributed by atoms with Crippen molar-refractivity contribution in [1.82, 2.24) is 14.7 Å². The average Bonchev–Trinajstić information content (AvgIpc) is 3.28. The van der Waals surface area contributed by atoms with Gasteiger partial charge in [0.25, 0.3) is 0 Å². The van der Waals surface area contributed by atoms with Crippen molar-refractivity contribution in [2.24, 2.45) is 0 Å². The van der Waals surface area contributed by atoms with E-state index >= 15 is 0 Å². The van der Waals surface area contributed by atoms with Crippen LogP contribution in [0.1, 0.15) is 43.5 Å². The van der Waals surface area contributed by atoms with E-state index in [1.165, 1.54) is 17.7 Å². The lowest BCUT2D eigenvalue weighted by Gasteiger charge is -2.20. The molecule has 3 rings (SSSR count). The smallest absolute Gasteiger partial charge is 0.239 e. The third kappa shape index (κ3) is 4.20. The van der Waals surface area contributed by atoms with E-state index in [2.05, 4.69) is 33.7 Å². The lowest BCUT2D eigenvalue weighted by Crippen LogP contribution is -2.33. The van der Waals surface area contributed by atoms with Crippen LogP contribution in [0.3, 0.4) is 0 Å². The van der Waals surface area contributed by atoms with Crippen molar-refractivity contribution in [3.8, 4) is 0 Å². The van der Waals surface area contributed by atoms with Crippen molar-refractivity contribution in [2.75, 3.05) is 18.4 Å². The van der Waals surface area contributed by atoms with E-state index in [4.69, 9.17) is 0 Å². The van der Waals surface area contributed by atoms with Crippen LogP contribution < -0.4 is 5.32 Å². The number of rotatable bonds is 7. The summed E-state index contributed by atoms with van der Waals surface area (Å²) in [6.07, 6.45) is 6.59. The first-order chi connectivity index (χ1) is 11.3. The van der Waals surface area contributed by atoms with Crippen LogP contribution in [0.5, 0.6) is 0 Å². The number of hydrogen-bond donors (Lipinski definition) is 1. The Labute approximate surface area is 141 Å². The first-order valence-electron chi connectivity index (χ1n) is 8.34. The van der Waals surface area contributed by atoms with Crippen molar-refractivity contribution >= 4 is 23.1 Å². The minimum Gasteiger partial charge on any atom is -0.310 e. The number of carbonyl (C=O) groups excluding carboxylic acids is 1. The molecule has 1 fully saturated rings. The van der Waals surface area contributed by atoms with Crippen molar-refractivity contribution in [1.29, 1.82) is 0 Å². The molecular weight excluding hydrogens is 308 g/mol. The Kier molecular flexibility index (Phi) is 5.46. The zero-order valence-electron chi connectivity index (χ0n) is 13.6. The Morgan fingerprint density at radius 3 is 2.96 bits per heavy atom. The van der Waals surface area contributed by atoms with Crippen LogP contribution >= 0.6 is 11.3 Å². The highest BCUT2D eigenvalue weighted by Crippen LogP contribution is 2.31. The van der Waals surface area contributed by atoms with Gasteiger partial charge in [-0.2, -0.15) is 5.10 Å². The highest BCUT2D eigenvalue weighted by Gasteiger charge is 2.21. The van der Waals surface area contributed by atoms with Gasteiger partial charge in [-0.15, -0.1) is 11.3 Å². The van der Waals surface area contributed by atoms with Gasteiger partial charge >= 0.3 is 0 Å². The van der Waals surface area contributed by atoms with Gasteiger partial charge in [-0.1, -0.05) is 25.8 Å². The van der Waals surface area contributed by atoms with E-state index in [1.807, 2.05) is 16.8 Å².